The summed E-state index contributed by atoms with van der Waals surface area (Å²) in [5.41, 5.74) is 0.649. The Labute approximate surface area is 146 Å². The molecule has 1 saturated heterocycles. The molecule has 1 aliphatic rings. The SMILES string of the molecule is CC(O)CC1CCCN1C(=O)c1cccc(OCc2cccs2)c1. The second kappa shape index (κ2) is 7.81. The maximum atomic E-state index is 12.8. The summed E-state index contributed by atoms with van der Waals surface area (Å²) in [7, 11) is 0. The van der Waals surface area contributed by atoms with Crippen molar-refractivity contribution >= 4 is 17.2 Å². The number of aliphatic hydroxyl groups is 1. The van der Waals surface area contributed by atoms with Gasteiger partial charge in [0, 0.05) is 23.0 Å². The smallest absolute Gasteiger partial charge is 0.254 e. The summed E-state index contributed by atoms with van der Waals surface area (Å²) in [5.74, 6) is 0.736. The third-order valence-corrected chi connectivity index (χ3v) is 5.14. The highest BCUT2D eigenvalue weighted by Crippen LogP contribution is 2.25. The summed E-state index contributed by atoms with van der Waals surface area (Å²) in [6.45, 7) is 3.06. The Morgan fingerprint density at radius 3 is 3.04 bits per heavy atom. The van der Waals surface area contributed by atoms with Gasteiger partial charge in [0.2, 0.25) is 0 Å². The Bertz CT molecular complexity index is 669. The topological polar surface area (TPSA) is 49.8 Å². The van der Waals surface area contributed by atoms with Crippen LogP contribution in [0.3, 0.4) is 0 Å². The first kappa shape index (κ1) is 17.0. The third kappa shape index (κ3) is 4.16. The zero-order valence-corrected chi connectivity index (χ0v) is 14.7. The monoisotopic (exact) mass is 345 g/mol. The van der Waals surface area contributed by atoms with Gasteiger partial charge in [-0.25, -0.2) is 0 Å². The molecule has 0 saturated carbocycles. The van der Waals surface area contributed by atoms with E-state index in [1.165, 1.54) is 0 Å². The standard InChI is InChI=1S/C19H23NO3S/c1-14(21)11-16-6-3-9-20(16)19(22)15-5-2-7-17(12-15)23-13-18-8-4-10-24-18/h2,4-5,7-8,10,12,14,16,21H,3,6,9,11,13H2,1H3. The van der Waals surface area contributed by atoms with E-state index in [0.29, 0.717) is 24.3 Å². The third-order valence-electron chi connectivity index (χ3n) is 4.29. The van der Waals surface area contributed by atoms with Crippen molar-refractivity contribution in [2.45, 2.75) is 44.9 Å². The molecule has 24 heavy (non-hydrogen) atoms. The normalized spacial score (nSPS) is 18.6. The number of carbonyl (C=O) groups is 1. The number of rotatable bonds is 6. The van der Waals surface area contributed by atoms with Gasteiger partial charge in [-0.3, -0.25) is 4.79 Å². The van der Waals surface area contributed by atoms with Crippen LogP contribution in [0, 0.1) is 0 Å². The van der Waals surface area contributed by atoms with Crippen molar-refractivity contribution in [2.75, 3.05) is 6.54 Å². The van der Waals surface area contributed by atoms with Crippen molar-refractivity contribution in [3.63, 3.8) is 0 Å². The molecule has 2 atom stereocenters. The molecule has 1 aliphatic heterocycles. The molecule has 2 aromatic rings. The fourth-order valence-electron chi connectivity index (χ4n) is 3.18. The van der Waals surface area contributed by atoms with Crippen molar-refractivity contribution in [3.8, 4) is 5.75 Å². The van der Waals surface area contributed by atoms with E-state index in [9.17, 15) is 9.90 Å². The Morgan fingerprint density at radius 1 is 1.42 bits per heavy atom. The number of hydrogen-bond donors (Lipinski definition) is 1. The summed E-state index contributed by atoms with van der Waals surface area (Å²) in [4.78, 5) is 15.9. The Hall–Kier alpha value is -1.85. The molecule has 4 nitrogen and oxygen atoms in total. The lowest BCUT2D eigenvalue weighted by Gasteiger charge is -2.26. The van der Waals surface area contributed by atoms with Gasteiger partial charge in [-0.15, -0.1) is 11.3 Å². The molecule has 5 heteroatoms. The number of carbonyl (C=O) groups excluding carboxylic acids is 1. The van der Waals surface area contributed by atoms with Gasteiger partial charge in [0.15, 0.2) is 0 Å². The lowest BCUT2D eigenvalue weighted by molar-refractivity contribution is 0.0681. The van der Waals surface area contributed by atoms with E-state index in [2.05, 4.69) is 0 Å². The Balaban J connectivity index is 1.67. The predicted octanol–water partition coefficient (Wildman–Crippen LogP) is 3.70. The largest absolute Gasteiger partial charge is 0.488 e. The van der Waals surface area contributed by atoms with Crippen molar-refractivity contribution in [1.82, 2.24) is 4.90 Å². The number of amides is 1. The first-order chi connectivity index (χ1) is 11.6. The van der Waals surface area contributed by atoms with E-state index in [1.54, 1.807) is 18.3 Å². The molecule has 0 radical (unpaired) electrons. The fourth-order valence-corrected chi connectivity index (χ4v) is 3.79. The van der Waals surface area contributed by atoms with Crippen LogP contribution in [0.15, 0.2) is 41.8 Å². The van der Waals surface area contributed by atoms with Gasteiger partial charge in [0.25, 0.3) is 5.91 Å². The number of likely N-dealkylation sites (tertiary alicyclic amines) is 1. The van der Waals surface area contributed by atoms with E-state index < -0.39 is 0 Å². The molecule has 128 valence electrons. The summed E-state index contributed by atoms with van der Waals surface area (Å²) in [5, 5.41) is 11.7. The lowest BCUT2D eigenvalue weighted by Crippen LogP contribution is -2.37. The minimum atomic E-state index is -0.385. The van der Waals surface area contributed by atoms with Crippen molar-refractivity contribution in [3.05, 3.63) is 52.2 Å². The van der Waals surface area contributed by atoms with Gasteiger partial charge in [0.1, 0.15) is 12.4 Å². The minimum absolute atomic E-state index is 0.0275. The predicted molar refractivity (Wildman–Crippen MR) is 95.4 cm³/mol. The van der Waals surface area contributed by atoms with Gasteiger partial charge < -0.3 is 14.7 Å². The number of ether oxygens (including phenoxy) is 1. The zero-order valence-electron chi connectivity index (χ0n) is 13.9. The molecular weight excluding hydrogens is 322 g/mol. The number of thiophene rings is 1. The molecule has 1 amide bonds. The van der Waals surface area contributed by atoms with Crippen LogP contribution in [-0.4, -0.2) is 34.6 Å². The van der Waals surface area contributed by atoms with E-state index >= 15 is 0 Å². The molecule has 1 N–H and O–H groups in total. The van der Waals surface area contributed by atoms with Gasteiger partial charge in [-0.1, -0.05) is 12.1 Å². The maximum absolute atomic E-state index is 12.8. The van der Waals surface area contributed by atoms with Crippen LogP contribution in [0.1, 0.15) is 41.4 Å². The maximum Gasteiger partial charge on any atom is 0.254 e. The number of aliphatic hydroxyl groups excluding tert-OH is 1. The highest BCUT2D eigenvalue weighted by Gasteiger charge is 2.30. The van der Waals surface area contributed by atoms with Crippen molar-refractivity contribution < 1.29 is 14.6 Å². The Kier molecular flexibility index (Phi) is 5.53. The van der Waals surface area contributed by atoms with Gasteiger partial charge in [-0.2, -0.15) is 0 Å². The van der Waals surface area contributed by atoms with Gasteiger partial charge in [0.05, 0.1) is 6.10 Å². The van der Waals surface area contributed by atoms with Gasteiger partial charge >= 0.3 is 0 Å². The molecule has 0 bridgehead atoms. The summed E-state index contributed by atoms with van der Waals surface area (Å²) >= 11 is 1.66. The average molecular weight is 345 g/mol. The second-order valence-electron chi connectivity index (χ2n) is 6.28. The molecule has 3 rings (SSSR count). The molecular formula is C19H23NO3S. The first-order valence-electron chi connectivity index (χ1n) is 8.38. The number of nitrogens with zero attached hydrogens (tertiary/aromatic N) is 1. The van der Waals surface area contributed by atoms with Crippen LogP contribution in [0.5, 0.6) is 5.75 Å². The van der Waals surface area contributed by atoms with Crippen molar-refractivity contribution in [1.29, 1.82) is 0 Å². The van der Waals surface area contributed by atoms with Crippen LogP contribution in [0.25, 0.3) is 0 Å². The van der Waals surface area contributed by atoms with E-state index in [0.717, 1.165) is 24.3 Å². The van der Waals surface area contributed by atoms with Crippen LogP contribution in [0.2, 0.25) is 0 Å². The molecule has 2 heterocycles. The highest BCUT2D eigenvalue weighted by atomic mass is 32.1. The summed E-state index contributed by atoms with van der Waals surface area (Å²) in [6, 6.07) is 11.5. The number of benzene rings is 1. The highest BCUT2D eigenvalue weighted by molar-refractivity contribution is 7.09. The molecule has 2 unspecified atom stereocenters. The van der Waals surface area contributed by atoms with Crippen LogP contribution < -0.4 is 4.74 Å². The van der Waals surface area contributed by atoms with E-state index in [-0.39, 0.29) is 18.1 Å². The fraction of sp³-hybridized carbons (Fsp3) is 0.421. The zero-order chi connectivity index (χ0) is 16.9. The summed E-state index contributed by atoms with van der Waals surface area (Å²) in [6.07, 6.45) is 2.22. The van der Waals surface area contributed by atoms with Gasteiger partial charge in [-0.05, 0) is 55.8 Å². The molecule has 1 fully saturated rings. The molecule has 1 aromatic heterocycles. The quantitative estimate of drug-likeness (QED) is 0.868. The average Bonchev–Trinajstić information content (AvgIpc) is 3.23. The lowest BCUT2D eigenvalue weighted by atomic mass is 10.1. The second-order valence-corrected chi connectivity index (χ2v) is 7.31. The Morgan fingerprint density at radius 2 is 2.29 bits per heavy atom. The van der Waals surface area contributed by atoms with E-state index in [1.807, 2.05) is 46.7 Å². The molecule has 0 spiro atoms. The number of hydrogen-bond acceptors (Lipinski definition) is 4. The molecule has 0 aliphatic carbocycles. The first-order valence-corrected chi connectivity index (χ1v) is 9.25. The van der Waals surface area contributed by atoms with Crippen LogP contribution >= 0.6 is 11.3 Å². The van der Waals surface area contributed by atoms with Crippen LogP contribution in [-0.2, 0) is 6.61 Å². The minimum Gasteiger partial charge on any atom is -0.488 e. The van der Waals surface area contributed by atoms with Crippen molar-refractivity contribution in [2.24, 2.45) is 0 Å². The molecule has 1 aromatic carbocycles. The summed E-state index contributed by atoms with van der Waals surface area (Å²) < 4.78 is 5.79. The van der Waals surface area contributed by atoms with Crippen LogP contribution in [0.4, 0.5) is 0 Å². The van der Waals surface area contributed by atoms with E-state index in [4.69, 9.17) is 4.74 Å².